The first-order valence-electron chi connectivity index (χ1n) is 6.47. The summed E-state index contributed by atoms with van der Waals surface area (Å²) in [6, 6.07) is 0.540. The highest BCUT2D eigenvalue weighted by atomic mass is 16.4. The molecule has 5 heteroatoms. The molecule has 5 nitrogen and oxygen atoms in total. The summed E-state index contributed by atoms with van der Waals surface area (Å²) in [5.74, 6) is 0. The maximum absolute atomic E-state index is 10.9. The van der Waals surface area contributed by atoms with E-state index in [1.807, 2.05) is 0 Å². The standard InChI is InChI=1S/C12H23N3O2/c1-10-9-15(8-5-13-10)12(2)3-6-14(7-4-12)11(16)17/h10,13H,3-9H2,1-2H3,(H,16,17)/t10-/m0/s1. The fourth-order valence-electron chi connectivity index (χ4n) is 2.92. The van der Waals surface area contributed by atoms with Crippen LogP contribution >= 0.6 is 0 Å². The van der Waals surface area contributed by atoms with E-state index in [0.717, 1.165) is 32.5 Å². The number of likely N-dealkylation sites (tertiary alicyclic amines) is 1. The lowest BCUT2D eigenvalue weighted by atomic mass is 9.87. The zero-order valence-electron chi connectivity index (χ0n) is 10.8. The molecule has 1 amide bonds. The van der Waals surface area contributed by atoms with Crippen molar-refractivity contribution in [2.24, 2.45) is 0 Å². The highest BCUT2D eigenvalue weighted by Gasteiger charge is 2.38. The molecular weight excluding hydrogens is 218 g/mol. The number of rotatable bonds is 1. The molecule has 0 bridgehead atoms. The van der Waals surface area contributed by atoms with Gasteiger partial charge in [0.15, 0.2) is 0 Å². The Labute approximate surface area is 103 Å². The first-order valence-corrected chi connectivity index (χ1v) is 6.47. The summed E-state index contributed by atoms with van der Waals surface area (Å²) in [7, 11) is 0. The number of nitrogens with zero attached hydrogens (tertiary/aromatic N) is 2. The lowest BCUT2D eigenvalue weighted by Crippen LogP contribution is -2.61. The number of carbonyl (C=O) groups is 1. The van der Waals surface area contributed by atoms with Gasteiger partial charge in [0.25, 0.3) is 0 Å². The van der Waals surface area contributed by atoms with Gasteiger partial charge in [-0.05, 0) is 26.7 Å². The van der Waals surface area contributed by atoms with Gasteiger partial charge in [0.05, 0.1) is 0 Å². The Morgan fingerprint density at radius 1 is 1.35 bits per heavy atom. The molecule has 1 atom stereocenters. The Morgan fingerprint density at radius 3 is 2.53 bits per heavy atom. The normalized spacial score (nSPS) is 30.2. The average molecular weight is 241 g/mol. The molecule has 17 heavy (non-hydrogen) atoms. The minimum Gasteiger partial charge on any atom is -0.465 e. The van der Waals surface area contributed by atoms with Gasteiger partial charge in [-0.2, -0.15) is 0 Å². The Bertz CT molecular complexity index is 287. The number of hydrogen-bond acceptors (Lipinski definition) is 3. The van der Waals surface area contributed by atoms with Crippen molar-refractivity contribution in [3.8, 4) is 0 Å². The third-order valence-corrected chi connectivity index (χ3v) is 4.24. The molecule has 2 aliphatic rings. The zero-order valence-corrected chi connectivity index (χ0v) is 10.8. The molecule has 0 aromatic heterocycles. The van der Waals surface area contributed by atoms with Gasteiger partial charge in [-0.1, -0.05) is 0 Å². The van der Waals surface area contributed by atoms with E-state index in [1.165, 1.54) is 4.90 Å². The smallest absolute Gasteiger partial charge is 0.407 e. The number of piperidine rings is 1. The van der Waals surface area contributed by atoms with Crippen LogP contribution in [0.3, 0.4) is 0 Å². The van der Waals surface area contributed by atoms with Crippen LogP contribution in [0.25, 0.3) is 0 Å². The molecule has 2 rings (SSSR count). The molecule has 2 saturated heterocycles. The van der Waals surface area contributed by atoms with Crippen molar-refractivity contribution in [2.75, 3.05) is 32.7 Å². The van der Waals surface area contributed by atoms with Gasteiger partial charge < -0.3 is 15.3 Å². The molecule has 0 saturated carbocycles. The van der Waals surface area contributed by atoms with E-state index in [9.17, 15) is 4.79 Å². The highest BCUT2D eigenvalue weighted by Crippen LogP contribution is 2.29. The zero-order chi connectivity index (χ0) is 12.5. The van der Waals surface area contributed by atoms with E-state index in [2.05, 4.69) is 24.1 Å². The van der Waals surface area contributed by atoms with Gasteiger partial charge in [0.2, 0.25) is 0 Å². The second-order valence-corrected chi connectivity index (χ2v) is 5.57. The van der Waals surface area contributed by atoms with Gasteiger partial charge >= 0.3 is 6.09 Å². The number of nitrogens with one attached hydrogen (secondary N) is 1. The van der Waals surface area contributed by atoms with Gasteiger partial charge in [-0.15, -0.1) is 0 Å². The van der Waals surface area contributed by atoms with Crippen LogP contribution in [0.15, 0.2) is 0 Å². The molecule has 0 aromatic carbocycles. The van der Waals surface area contributed by atoms with Crippen molar-refractivity contribution < 1.29 is 9.90 Å². The number of hydrogen-bond donors (Lipinski definition) is 2. The first-order chi connectivity index (χ1) is 8.01. The molecular formula is C12H23N3O2. The van der Waals surface area contributed by atoms with Crippen LogP contribution < -0.4 is 5.32 Å². The van der Waals surface area contributed by atoms with Crippen molar-refractivity contribution in [3.63, 3.8) is 0 Å². The molecule has 2 N–H and O–H groups in total. The van der Waals surface area contributed by atoms with Crippen LogP contribution in [0.1, 0.15) is 26.7 Å². The van der Waals surface area contributed by atoms with Crippen LogP contribution in [-0.4, -0.2) is 65.3 Å². The lowest BCUT2D eigenvalue weighted by Gasteiger charge is -2.49. The van der Waals surface area contributed by atoms with E-state index < -0.39 is 6.09 Å². The molecule has 0 aromatic rings. The summed E-state index contributed by atoms with van der Waals surface area (Å²) < 4.78 is 0. The van der Waals surface area contributed by atoms with E-state index in [1.54, 1.807) is 0 Å². The van der Waals surface area contributed by atoms with Gasteiger partial charge in [-0.25, -0.2) is 4.79 Å². The molecule has 2 aliphatic heterocycles. The summed E-state index contributed by atoms with van der Waals surface area (Å²) in [5.41, 5.74) is 0.183. The highest BCUT2D eigenvalue weighted by molar-refractivity contribution is 5.65. The molecule has 98 valence electrons. The summed E-state index contributed by atoms with van der Waals surface area (Å²) in [6.07, 6.45) is 1.12. The average Bonchev–Trinajstić information content (AvgIpc) is 2.29. The molecule has 0 aliphatic carbocycles. The fourth-order valence-corrected chi connectivity index (χ4v) is 2.92. The third-order valence-electron chi connectivity index (χ3n) is 4.24. The second-order valence-electron chi connectivity index (χ2n) is 5.57. The lowest BCUT2D eigenvalue weighted by molar-refractivity contribution is 0.0191. The molecule has 0 unspecified atom stereocenters. The van der Waals surface area contributed by atoms with Gasteiger partial charge in [-0.3, -0.25) is 4.90 Å². The maximum atomic E-state index is 10.9. The Morgan fingerprint density at radius 2 is 2.00 bits per heavy atom. The van der Waals surface area contributed by atoms with Crippen LogP contribution in [0.5, 0.6) is 0 Å². The molecule has 0 radical (unpaired) electrons. The predicted octanol–water partition coefficient (Wildman–Crippen LogP) is 0.813. The quantitative estimate of drug-likeness (QED) is 0.713. The first kappa shape index (κ1) is 12.6. The Balaban J connectivity index is 1.94. The molecule has 0 spiro atoms. The summed E-state index contributed by atoms with van der Waals surface area (Å²) >= 11 is 0. The van der Waals surface area contributed by atoms with Crippen molar-refractivity contribution in [1.82, 2.24) is 15.1 Å². The topological polar surface area (TPSA) is 55.8 Å². The van der Waals surface area contributed by atoms with Crippen molar-refractivity contribution >= 4 is 6.09 Å². The number of piperazine rings is 1. The van der Waals surface area contributed by atoms with Crippen molar-refractivity contribution in [3.05, 3.63) is 0 Å². The minimum atomic E-state index is -0.777. The van der Waals surface area contributed by atoms with E-state index in [0.29, 0.717) is 19.1 Å². The van der Waals surface area contributed by atoms with Gasteiger partial charge in [0, 0.05) is 44.3 Å². The largest absolute Gasteiger partial charge is 0.465 e. The third kappa shape index (κ3) is 2.72. The van der Waals surface area contributed by atoms with Crippen molar-refractivity contribution in [1.29, 1.82) is 0 Å². The second kappa shape index (κ2) is 4.82. The summed E-state index contributed by atoms with van der Waals surface area (Å²) in [4.78, 5) is 15.0. The maximum Gasteiger partial charge on any atom is 0.407 e. The van der Waals surface area contributed by atoms with Crippen LogP contribution in [0, 0.1) is 0 Å². The minimum absolute atomic E-state index is 0.183. The van der Waals surface area contributed by atoms with E-state index in [4.69, 9.17) is 5.11 Å². The Hall–Kier alpha value is -0.810. The number of amides is 1. The monoisotopic (exact) mass is 241 g/mol. The van der Waals surface area contributed by atoms with Crippen LogP contribution in [0.2, 0.25) is 0 Å². The summed E-state index contributed by atoms with van der Waals surface area (Å²) in [6.45, 7) is 9.03. The van der Waals surface area contributed by atoms with E-state index >= 15 is 0 Å². The molecule has 2 heterocycles. The predicted molar refractivity (Wildman–Crippen MR) is 66.3 cm³/mol. The SMILES string of the molecule is C[C@H]1CN(C2(C)CCN(C(=O)O)CC2)CCN1. The fraction of sp³-hybridized carbons (Fsp3) is 0.917. The van der Waals surface area contributed by atoms with Crippen LogP contribution in [-0.2, 0) is 0 Å². The number of carboxylic acid groups (broad SMARTS) is 1. The van der Waals surface area contributed by atoms with E-state index in [-0.39, 0.29) is 5.54 Å². The van der Waals surface area contributed by atoms with Crippen molar-refractivity contribution in [2.45, 2.75) is 38.3 Å². The Kier molecular flexibility index (Phi) is 3.58. The van der Waals surface area contributed by atoms with Crippen LogP contribution in [0.4, 0.5) is 4.79 Å². The van der Waals surface area contributed by atoms with Gasteiger partial charge in [0.1, 0.15) is 0 Å². The molecule has 2 fully saturated rings. The summed E-state index contributed by atoms with van der Waals surface area (Å²) in [5, 5.41) is 12.4.